The van der Waals surface area contributed by atoms with Gasteiger partial charge < -0.3 is 5.32 Å². The Morgan fingerprint density at radius 2 is 1.87 bits per heavy atom. The Balaban J connectivity index is 1.57. The van der Waals surface area contributed by atoms with E-state index in [1.807, 2.05) is 61.0 Å². The van der Waals surface area contributed by atoms with Gasteiger partial charge in [-0.15, -0.1) is 11.3 Å². The first-order valence-corrected chi connectivity index (χ1v) is 11.1. The van der Waals surface area contributed by atoms with Crippen molar-refractivity contribution in [1.82, 2.24) is 19.9 Å². The summed E-state index contributed by atoms with van der Waals surface area (Å²) >= 11 is 1.66. The molecule has 0 saturated heterocycles. The molecule has 3 aromatic heterocycles. The summed E-state index contributed by atoms with van der Waals surface area (Å²) in [5.41, 5.74) is 7.09. The zero-order valence-electron chi connectivity index (χ0n) is 17.8. The zero-order valence-corrected chi connectivity index (χ0v) is 18.6. The van der Waals surface area contributed by atoms with Crippen LogP contribution in [0, 0.1) is 20.8 Å². The fourth-order valence-electron chi connectivity index (χ4n) is 3.93. The van der Waals surface area contributed by atoms with E-state index in [1.165, 1.54) is 4.88 Å². The van der Waals surface area contributed by atoms with Gasteiger partial charge in [-0.05, 0) is 56.7 Å². The Morgan fingerprint density at radius 3 is 2.57 bits per heavy atom. The first kappa shape index (κ1) is 20.3. The van der Waals surface area contributed by atoms with Crippen molar-refractivity contribution < 1.29 is 4.79 Å². The molecule has 0 saturated carbocycles. The molecule has 4 aromatic rings. The van der Waals surface area contributed by atoms with Crippen LogP contribution in [0.25, 0.3) is 16.8 Å². The molecule has 1 atom stereocenters. The number of aromatic nitrogens is 3. The van der Waals surface area contributed by atoms with Crippen molar-refractivity contribution >= 4 is 22.9 Å². The largest absolute Gasteiger partial charge is 0.349 e. The van der Waals surface area contributed by atoms with Gasteiger partial charge in [-0.3, -0.25) is 4.79 Å². The lowest BCUT2D eigenvalue weighted by atomic mass is 10.0. The Kier molecular flexibility index (Phi) is 5.68. The molecule has 1 aromatic carbocycles. The molecule has 3 heterocycles. The van der Waals surface area contributed by atoms with Crippen molar-refractivity contribution in [1.29, 1.82) is 0 Å². The molecule has 6 heteroatoms. The van der Waals surface area contributed by atoms with Crippen LogP contribution in [0.15, 0.2) is 47.8 Å². The molecule has 1 unspecified atom stereocenters. The number of hydrogen-bond donors (Lipinski definition) is 1. The van der Waals surface area contributed by atoms with Crippen molar-refractivity contribution in [3.05, 3.63) is 75.4 Å². The second-order valence-electron chi connectivity index (χ2n) is 7.63. The Hall–Kier alpha value is -2.99. The predicted octanol–water partition coefficient (Wildman–Crippen LogP) is 5.19. The van der Waals surface area contributed by atoms with Crippen molar-refractivity contribution in [3.8, 4) is 11.1 Å². The van der Waals surface area contributed by atoms with E-state index in [9.17, 15) is 4.79 Å². The van der Waals surface area contributed by atoms with Gasteiger partial charge in [-0.1, -0.05) is 36.4 Å². The molecule has 0 aliphatic heterocycles. The van der Waals surface area contributed by atoms with Crippen LogP contribution in [0.2, 0.25) is 0 Å². The number of aryl methyl sites for hydroxylation is 3. The monoisotopic (exact) mass is 418 g/mol. The lowest BCUT2D eigenvalue weighted by Gasteiger charge is -2.14. The molecule has 1 amide bonds. The standard InChI is InChI=1S/C24H26N4OS/c1-15-20(12-13-22(29)25-16(2)21-11-8-14-30-21)18(4)28-24(26-15)23(17(3)27-28)19-9-6-5-7-10-19/h5-11,14,16H,12-13H2,1-4H3,(H,25,29). The van der Waals surface area contributed by atoms with Crippen molar-refractivity contribution in [2.45, 2.75) is 46.6 Å². The van der Waals surface area contributed by atoms with Gasteiger partial charge in [0.1, 0.15) is 0 Å². The molecule has 0 bridgehead atoms. The summed E-state index contributed by atoms with van der Waals surface area (Å²) in [6.45, 7) is 8.12. The molecule has 30 heavy (non-hydrogen) atoms. The lowest BCUT2D eigenvalue weighted by Crippen LogP contribution is -2.26. The summed E-state index contributed by atoms with van der Waals surface area (Å²) in [4.78, 5) is 18.6. The van der Waals surface area contributed by atoms with Crippen LogP contribution in [-0.2, 0) is 11.2 Å². The number of carbonyl (C=O) groups is 1. The number of rotatable bonds is 6. The normalized spacial score (nSPS) is 12.3. The van der Waals surface area contributed by atoms with Gasteiger partial charge in [0.25, 0.3) is 0 Å². The molecule has 0 aliphatic rings. The highest BCUT2D eigenvalue weighted by Gasteiger charge is 2.19. The fraction of sp³-hybridized carbons (Fsp3) is 0.292. The van der Waals surface area contributed by atoms with Crippen LogP contribution >= 0.6 is 11.3 Å². The maximum atomic E-state index is 12.5. The molecule has 154 valence electrons. The maximum absolute atomic E-state index is 12.5. The van der Waals surface area contributed by atoms with E-state index in [4.69, 9.17) is 10.1 Å². The molecule has 0 fully saturated rings. The number of nitrogens with zero attached hydrogens (tertiary/aromatic N) is 3. The van der Waals surface area contributed by atoms with Gasteiger partial charge >= 0.3 is 0 Å². The summed E-state index contributed by atoms with van der Waals surface area (Å²) in [5, 5.41) is 9.88. The quantitative estimate of drug-likeness (QED) is 0.469. The number of hydrogen-bond acceptors (Lipinski definition) is 4. The highest BCUT2D eigenvalue weighted by atomic mass is 32.1. The van der Waals surface area contributed by atoms with Gasteiger partial charge in [0.2, 0.25) is 5.91 Å². The van der Waals surface area contributed by atoms with E-state index < -0.39 is 0 Å². The van der Waals surface area contributed by atoms with E-state index in [1.54, 1.807) is 11.3 Å². The molecule has 0 spiro atoms. The highest BCUT2D eigenvalue weighted by Crippen LogP contribution is 2.29. The summed E-state index contributed by atoms with van der Waals surface area (Å²) in [5.74, 6) is 0.0522. The average Bonchev–Trinajstić information content (AvgIpc) is 3.36. The Bertz CT molecular complexity index is 1180. The third-order valence-electron chi connectivity index (χ3n) is 5.51. The second-order valence-corrected chi connectivity index (χ2v) is 8.61. The van der Waals surface area contributed by atoms with Gasteiger partial charge in [0.05, 0.1) is 11.7 Å². The molecule has 4 rings (SSSR count). The van der Waals surface area contributed by atoms with Crippen LogP contribution < -0.4 is 5.32 Å². The minimum absolute atomic E-state index is 0.0301. The minimum Gasteiger partial charge on any atom is -0.349 e. The zero-order chi connectivity index (χ0) is 21.3. The summed E-state index contributed by atoms with van der Waals surface area (Å²) in [7, 11) is 0. The van der Waals surface area contributed by atoms with Crippen LogP contribution in [0.4, 0.5) is 0 Å². The Morgan fingerprint density at radius 1 is 1.10 bits per heavy atom. The highest BCUT2D eigenvalue weighted by molar-refractivity contribution is 7.10. The third kappa shape index (κ3) is 3.87. The molecule has 1 N–H and O–H groups in total. The number of amides is 1. The number of thiophene rings is 1. The summed E-state index contributed by atoms with van der Waals surface area (Å²) in [6, 6.07) is 14.3. The van der Waals surface area contributed by atoms with Crippen molar-refractivity contribution in [3.63, 3.8) is 0 Å². The number of fused-ring (bicyclic) bond motifs is 1. The topological polar surface area (TPSA) is 59.3 Å². The first-order valence-electron chi connectivity index (χ1n) is 10.2. The predicted molar refractivity (Wildman–Crippen MR) is 122 cm³/mol. The van der Waals surface area contributed by atoms with E-state index >= 15 is 0 Å². The van der Waals surface area contributed by atoms with E-state index in [0.717, 1.165) is 39.4 Å². The van der Waals surface area contributed by atoms with Gasteiger partial charge in [-0.2, -0.15) is 5.10 Å². The van der Waals surface area contributed by atoms with Gasteiger partial charge in [0.15, 0.2) is 5.65 Å². The third-order valence-corrected chi connectivity index (χ3v) is 6.57. The lowest BCUT2D eigenvalue weighted by molar-refractivity contribution is -0.121. The minimum atomic E-state index is 0.0301. The van der Waals surface area contributed by atoms with Crippen LogP contribution in [0.5, 0.6) is 0 Å². The average molecular weight is 419 g/mol. The number of benzene rings is 1. The smallest absolute Gasteiger partial charge is 0.220 e. The van der Waals surface area contributed by atoms with Crippen molar-refractivity contribution in [2.24, 2.45) is 0 Å². The molecule has 0 radical (unpaired) electrons. The van der Waals surface area contributed by atoms with Crippen LogP contribution in [0.1, 0.15) is 46.9 Å². The maximum Gasteiger partial charge on any atom is 0.220 e. The SMILES string of the molecule is Cc1nc2c(-c3ccccc3)c(C)nn2c(C)c1CCC(=O)NC(C)c1cccs1. The summed E-state index contributed by atoms with van der Waals surface area (Å²) in [6.07, 6.45) is 1.07. The van der Waals surface area contributed by atoms with Crippen molar-refractivity contribution in [2.75, 3.05) is 0 Å². The molecule has 5 nitrogen and oxygen atoms in total. The van der Waals surface area contributed by atoms with E-state index in [0.29, 0.717) is 12.8 Å². The molecular weight excluding hydrogens is 392 g/mol. The van der Waals surface area contributed by atoms with Gasteiger partial charge in [0, 0.05) is 28.2 Å². The Labute approximate surface area is 180 Å². The first-order chi connectivity index (χ1) is 14.5. The fourth-order valence-corrected chi connectivity index (χ4v) is 4.67. The van der Waals surface area contributed by atoms with E-state index in [2.05, 4.69) is 24.4 Å². The second kappa shape index (κ2) is 8.40. The molecule has 0 aliphatic carbocycles. The van der Waals surface area contributed by atoms with Crippen LogP contribution in [-0.4, -0.2) is 20.5 Å². The number of carbonyl (C=O) groups excluding carboxylic acids is 1. The van der Waals surface area contributed by atoms with Crippen LogP contribution in [0.3, 0.4) is 0 Å². The number of nitrogens with one attached hydrogen (secondary N) is 1. The van der Waals surface area contributed by atoms with E-state index in [-0.39, 0.29) is 11.9 Å². The van der Waals surface area contributed by atoms with Gasteiger partial charge in [-0.25, -0.2) is 9.50 Å². The summed E-state index contributed by atoms with van der Waals surface area (Å²) < 4.78 is 1.92. The molecular formula is C24H26N4OS.